The smallest absolute Gasteiger partial charge is 0.0621 e. The van der Waals surface area contributed by atoms with Gasteiger partial charge in [0.1, 0.15) is 0 Å². The first-order valence-corrected chi connectivity index (χ1v) is 5.42. The minimum atomic E-state index is 0.661. The Morgan fingerprint density at radius 2 is 2.07 bits per heavy atom. The zero-order valence-electron chi connectivity index (χ0n) is 9.51. The van der Waals surface area contributed by atoms with Gasteiger partial charge in [0.05, 0.1) is 6.07 Å². The average Bonchev–Trinajstić information content (AvgIpc) is 2.23. The molecule has 2 nitrogen and oxygen atoms in total. The Morgan fingerprint density at radius 1 is 1.27 bits per heavy atom. The number of hydrogen-bond acceptors (Lipinski definition) is 2. The van der Waals surface area contributed by atoms with Crippen LogP contribution in [0.25, 0.3) is 0 Å². The minimum Gasteiger partial charge on any atom is -0.385 e. The van der Waals surface area contributed by atoms with Crippen LogP contribution in [0.2, 0.25) is 0 Å². The van der Waals surface area contributed by atoms with Crippen LogP contribution in [0.1, 0.15) is 30.4 Å². The standard InChI is InChI=1S/C13H18N2/c1-11-6-7-12(2)13(10-11)15-9-5-3-4-8-14/h6-7,10,15H,3-5,9H2,1-2H3. The van der Waals surface area contributed by atoms with Crippen molar-refractivity contribution in [3.63, 3.8) is 0 Å². The lowest BCUT2D eigenvalue weighted by atomic mass is 10.1. The van der Waals surface area contributed by atoms with Crippen molar-refractivity contribution >= 4 is 5.69 Å². The summed E-state index contributed by atoms with van der Waals surface area (Å²) in [5.41, 5.74) is 3.77. The summed E-state index contributed by atoms with van der Waals surface area (Å²) in [5, 5.41) is 11.8. The lowest BCUT2D eigenvalue weighted by Crippen LogP contribution is -2.03. The fourth-order valence-corrected chi connectivity index (χ4v) is 1.48. The molecular formula is C13H18N2. The minimum absolute atomic E-state index is 0.661. The van der Waals surface area contributed by atoms with Gasteiger partial charge in [0, 0.05) is 18.7 Å². The molecule has 15 heavy (non-hydrogen) atoms. The molecule has 0 bridgehead atoms. The van der Waals surface area contributed by atoms with E-state index in [0.29, 0.717) is 6.42 Å². The molecule has 0 heterocycles. The Kier molecular flexibility index (Phi) is 4.70. The summed E-state index contributed by atoms with van der Waals surface area (Å²) < 4.78 is 0. The Balaban J connectivity index is 2.37. The fraction of sp³-hybridized carbons (Fsp3) is 0.462. The number of rotatable bonds is 5. The number of unbranched alkanes of at least 4 members (excludes halogenated alkanes) is 2. The lowest BCUT2D eigenvalue weighted by molar-refractivity contribution is 0.784. The molecule has 0 aliphatic rings. The number of hydrogen-bond donors (Lipinski definition) is 1. The monoisotopic (exact) mass is 202 g/mol. The molecule has 2 heteroatoms. The second kappa shape index (κ2) is 6.08. The van der Waals surface area contributed by atoms with Crippen molar-refractivity contribution < 1.29 is 0 Å². The van der Waals surface area contributed by atoms with Crippen LogP contribution in [-0.4, -0.2) is 6.54 Å². The van der Waals surface area contributed by atoms with Crippen LogP contribution in [0.3, 0.4) is 0 Å². The third-order valence-electron chi connectivity index (χ3n) is 2.42. The van der Waals surface area contributed by atoms with E-state index in [1.54, 1.807) is 0 Å². The van der Waals surface area contributed by atoms with Crippen LogP contribution < -0.4 is 5.32 Å². The molecule has 0 aliphatic heterocycles. The molecule has 80 valence electrons. The van der Waals surface area contributed by atoms with Gasteiger partial charge in [0.25, 0.3) is 0 Å². The molecule has 1 rings (SSSR count). The summed E-state index contributed by atoms with van der Waals surface area (Å²) in [6, 6.07) is 8.58. The Bertz CT molecular complexity index is 350. The van der Waals surface area contributed by atoms with Gasteiger partial charge in [-0.25, -0.2) is 0 Å². The maximum absolute atomic E-state index is 8.39. The van der Waals surface area contributed by atoms with Crippen LogP contribution in [0.4, 0.5) is 5.69 Å². The van der Waals surface area contributed by atoms with Crippen LogP contribution >= 0.6 is 0 Å². The first kappa shape index (κ1) is 11.6. The molecular weight excluding hydrogens is 184 g/mol. The van der Waals surface area contributed by atoms with Gasteiger partial charge in [0.15, 0.2) is 0 Å². The van der Waals surface area contributed by atoms with Gasteiger partial charge in [-0.05, 0) is 43.9 Å². The van der Waals surface area contributed by atoms with Crippen LogP contribution in [-0.2, 0) is 0 Å². The highest BCUT2D eigenvalue weighted by Crippen LogP contribution is 2.16. The van der Waals surface area contributed by atoms with E-state index >= 15 is 0 Å². The maximum Gasteiger partial charge on any atom is 0.0621 e. The van der Waals surface area contributed by atoms with E-state index < -0.39 is 0 Å². The molecule has 0 unspecified atom stereocenters. The number of aryl methyl sites for hydroxylation is 2. The van der Waals surface area contributed by atoms with Crippen molar-refractivity contribution in [2.75, 3.05) is 11.9 Å². The summed E-state index contributed by atoms with van der Waals surface area (Å²) in [5.74, 6) is 0. The van der Waals surface area contributed by atoms with Gasteiger partial charge in [-0.15, -0.1) is 0 Å². The summed E-state index contributed by atoms with van der Waals surface area (Å²) >= 11 is 0. The fourth-order valence-electron chi connectivity index (χ4n) is 1.48. The van der Waals surface area contributed by atoms with E-state index in [-0.39, 0.29) is 0 Å². The number of nitriles is 1. The topological polar surface area (TPSA) is 35.8 Å². The number of nitrogens with one attached hydrogen (secondary N) is 1. The van der Waals surface area contributed by atoms with Gasteiger partial charge in [0.2, 0.25) is 0 Å². The van der Waals surface area contributed by atoms with Crippen LogP contribution in [0.5, 0.6) is 0 Å². The van der Waals surface area contributed by atoms with E-state index in [1.807, 2.05) is 0 Å². The maximum atomic E-state index is 8.39. The van der Waals surface area contributed by atoms with Gasteiger partial charge in [-0.1, -0.05) is 12.1 Å². The summed E-state index contributed by atoms with van der Waals surface area (Å²) in [6.07, 6.45) is 2.70. The predicted molar refractivity (Wildman–Crippen MR) is 63.9 cm³/mol. The normalized spacial score (nSPS) is 9.67. The third-order valence-corrected chi connectivity index (χ3v) is 2.42. The van der Waals surface area contributed by atoms with Gasteiger partial charge in [-0.3, -0.25) is 0 Å². The molecule has 1 aromatic carbocycles. The SMILES string of the molecule is Cc1ccc(C)c(NCCCCC#N)c1. The number of anilines is 1. The third kappa shape index (κ3) is 4.03. The highest BCUT2D eigenvalue weighted by molar-refractivity contribution is 5.52. The lowest BCUT2D eigenvalue weighted by Gasteiger charge is -2.09. The van der Waals surface area contributed by atoms with E-state index in [0.717, 1.165) is 19.4 Å². The van der Waals surface area contributed by atoms with Crippen molar-refractivity contribution in [3.05, 3.63) is 29.3 Å². The van der Waals surface area contributed by atoms with E-state index in [9.17, 15) is 0 Å². The van der Waals surface area contributed by atoms with E-state index in [2.05, 4.69) is 43.4 Å². The molecule has 0 fully saturated rings. The van der Waals surface area contributed by atoms with E-state index in [1.165, 1.54) is 16.8 Å². The molecule has 0 saturated heterocycles. The van der Waals surface area contributed by atoms with Gasteiger partial charge >= 0.3 is 0 Å². The molecule has 0 radical (unpaired) electrons. The molecule has 0 saturated carbocycles. The highest BCUT2D eigenvalue weighted by Gasteiger charge is 1.97. The van der Waals surface area contributed by atoms with Gasteiger partial charge < -0.3 is 5.32 Å². The predicted octanol–water partition coefficient (Wildman–Crippen LogP) is 3.41. The molecule has 0 aromatic heterocycles. The second-order valence-corrected chi connectivity index (χ2v) is 3.86. The highest BCUT2D eigenvalue weighted by atomic mass is 14.9. The quantitative estimate of drug-likeness (QED) is 0.743. The summed E-state index contributed by atoms with van der Waals surface area (Å²) in [7, 11) is 0. The largest absolute Gasteiger partial charge is 0.385 e. The Hall–Kier alpha value is -1.49. The zero-order chi connectivity index (χ0) is 11.1. The van der Waals surface area contributed by atoms with Crippen molar-refractivity contribution in [3.8, 4) is 6.07 Å². The van der Waals surface area contributed by atoms with Crippen LogP contribution in [0, 0.1) is 25.2 Å². The summed E-state index contributed by atoms with van der Waals surface area (Å²) in [4.78, 5) is 0. The Morgan fingerprint density at radius 3 is 2.80 bits per heavy atom. The van der Waals surface area contributed by atoms with Crippen molar-refractivity contribution in [1.82, 2.24) is 0 Å². The molecule has 0 amide bonds. The first-order chi connectivity index (χ1) is 7.24. The summed E-state index contributed by atoms with van der Waals surface area (Å²) in [6.45, 7) is 5.16. The second-order valence-electron chi connectivity index (χ2n) is 3.86. The van der Waals surface area contributed by atoms with Gasteiger partial charge in [-0.2, -0.15) is 5.26 Å². The molecule has 0 atom stereocenters. The molecule has 0 aliphatic carbocycles. The van der Waals surface area contributed by atoms with Crippen LogP contribution in [0.15, 0.2) is 18.2 Å². The average molecular weight is 202 g/mol. The van der Waals surface area contributed by atoms with Crippen molar-refractivity contribution in [2.45, 2.75) is 33.1 Å². The zero-order valence-corrected chi connectivity index (χ0v) is 9.51. The molecule has 0 spiro atoms. The number of nitrogens with zero attached hydrogens (tertiary/aromatic N) is 1. The molecule has 1 N–H and O–H groups in total. The van der Waals surface area contributed by atoms with Crippen molar-refractivity contribution in [1.29, 1.82) is 5.26 Å². The first-order valence-electron chi connectivity index (χ1n) is 5.42. The van der Waals surface area contributed by atoms with E-state index in [4.69, 9.17) is 5.26 Å². The number of benzene rings is 1. The Labute approximate surface area is 91.9 Å². The molecule has 1 aromatic rings. The van der Waals surface area contributed by atoms with Crippen molar-refractivity contribution in [2.24, 2.45) is 0 Å².